The van der Waals surface area contributed by atoms with Gasteiger partial charge in [-0.15, -0.1) is 0 Å². The maximum absolute atomic E-state index is 6.18. The van der Waals surface area contributed by atoms with Crippen molar-refractivity contribution in [3.8, 4) is 0 Å². The Morgan fingerprint density at radius 3 is 2.47 bits per heavy atom. The van der Waals surface area contributed by atoms with Crippen LogP contribution in [0.15, 0.2) is 34.9 Å². The van der Waals surface area contributed by atoms with E-state index >= 15 is 0 Å². The average molecular weight is 203 g/mol. The van der Waals surface area contributed by atoms with Gasteiger partial charge in [-0.25, -0.2) is 0 Å². The van der Waals surface area contributed by atoms with E-state index in [4.69, 9.17) is 10.3 Å². The molecule has 2 N–H and O–H groups in total. The average Bonchev–Trinajstić information content (AvgIpc) is 2.67. The molecule has 1 aromatic carbocycles. The molecule has 0 amide bonds. The molecule has 2 rings (SSSR count). The summed E-state index contributed by atoms with van der Waals surface area (Å²) in [5, 5.41) is 3.74. The van der Waals surface area contributed by atoms with Crippen molar-refractivity contribution in [2.24, 2.45) is 5.73 Å². The summed E-state index contributed by atoms with van der Waals surface area (Å²) in [6.45, 7) is 3.63. The summed E-state index contributed by atoms with van der Waals surface area (Å²) in [6, 6.07) is 9.70. The maximum Gasteiger partial charge on any atom is 0.251 e. The van der Waals surface area contributed by atoms with Crippen LogP contribution in [0.4, 0.5) is 0 Å². The first kappa shape index (κ1) is 9.86. The highest BCUT2D eigenvalue weighted by Gasteiger charge is 2.29. The molecule has 1 aromatic heterocycles. The van der Waals surface area contributed by atoms with Gasteiger partial charge in [-0.05, 0) is 19.4 Å². The molecule has 0 saturated carbocycles. The van der Waals surface area contributed by atoms with Gasteiger partial charge in [0, 0.05) is 0 Å². The first-order valence-electron chi connectivity index (χ1n) is 4.76. The Labute approximate surface area is 88.1 Å². The van der Waals surface area contributed by atoms with Crippen molar-refractivity contribution < 1.29 is 4.52 Å². The molecule has 0 aliphatic carbocycles. The number of rotatable bonds is 2. The van der Waals surface area contributed by atoms with Crippen LogP contribution in [0.5, 0.6) is 0 Å². The second-order valence-electron chi connectivity index (χ2n) is 3.72. The largest absolute Gasteiger partial charge is 0.337 e. The van der Waals surface area contributed by atoms with Crippen LogP contribution in [0.3, 0.4) is 0 Å². The molecule has 0 spiro atoms. The van der Waals surface area contributed by atoms with E-state index in [0.29, 0.717) is 11.7 Å². The SMILES string of the molecule is Cc1noc(C(C)(N)c2ccccc2)n1. The van der Waals surface area contributed by atoms with E-state index < -0.39 is 5.54 Å². The van der Waals surface area contributed by atoms with Gasteiger partial charge in [0.25, 0.3) is 5.89 Å². The molecule has 0 aliphatic rings. The van der Waals surface area contributed by atoms with Gasteiger partial charge >= 0.3 is 0 Å². The summed E-state index contributed by atoms with van der Waals surface area (Å²) in [7, 11) is 0. The molecule has 0 fully saturated rings. The molecule has 1 heterocycles. The highest BCUT2D eigenvalue weighted by molar-refractivity contribution is 5.28. The second kappa shape index (κ2) is 3.47. The van der Waals surface area contributed by atoms with Crippen LogP contribution in [0.2, 0.25) is 0 Å². The van der Waals surface area contributed by atoms with E-state index in [9.17, 15) is 0 Å². The Balaban J connectivity index is 2.43. The van der Waals surface area contributed by atoms with Crippen LogP contribution in [0.25, 0.3) is 0 Å². The third kappa shape index (κ3) is 1.76. The predicted octanol–water partition coefficient (Wildman–Crippen LogP) is 1.60. The predicted molar refractivity (Wildman–Crippen MR) is 56.1 cm³/mol. The normalized spacial score (nSPS) is 14.9. The summed E-state index contributed by atoms with van der Waals surface area (Å²) in [4.78, 5) is 4.16. The molecular formula is C11H13N3O. The van der Waals surface area contributed by atoms with Gasteiger partial charge in [0.2, 0.25) is 0 Å². The molecule has 0 aliphatic heterocycles. The summed E-state index contributed by atoms with van der Waals surface area (Å²) in [5.41, 5.74) is 6.40. The molecular weight excluding hydrogens is 190 g/mol. The highest BCUT2D eigenvalue weighted by Crippen LogP contribution is 2.24. The van der Waals surface area contributed by atoms with E-state index in [1.165, 1.54) is 0 Å². The van der Waals surface area contributed by atoms with Gasteiger partial charge in [0.15, 0.2) is 5.82 Å². The van der Waals surface area contributed by atoms with Crippen LogP contribution in [0.1, 0.15) is 24.2 Å². The van der Waals surface area contributed by atoms with Crippen molar-refractivity contribution in [3.05, 3.63) is 47.6 Å². The minimum Gasteiger partial charge on any atom is -0.337 e. The lowest BCUT2D eigenvalue weighted by Crippen LogP contribution is -2.34. The molecule has 15 heavy (non-hydrogen) atoms. The number of aryl methyl sites for hydroxylation is 1. The Hall–Kier alpha value is -1.68. The number of benzene rings is 1. The second-order valence-corrected chi connectivity index (χ2v) is 3.72. The number of hydrogen-bond donors (Lipinski definition) is 1. The van der Waals surface area contributed by atoms with Crippen LogP contribution in [-0.2, 0) is 5.54 Å². The lowest BCUT2D eigenvalue weighted by Gasteiger charge is -2.19. The third-order valence-electron chi connectivity index (χ3n) is 2.35. The maximum atomic E-state index is 6.18. The molecule has 4 nitrogen and oxygen atoms in total. The first-order valence-corrected chi connectivity index (χ1v) is 4.76. The Bertz CT molecular complexity index is 448. The lowest BCUT2D eigenvalue weighted by molar-refractivity contribution is 0.323. The van der Waals surface area contributed by atoms with Gasteiger partial charge in [-0.1, -0.05) is 35.5 Å². The zero-order valence-electron chi connectivity index (χ0n) is 8.77. The third-order valence-corrected chi connectivity index (χ3v) is 2.35. The van der Waals surface area contributed by atoms with E-state index in [0.717, 1.165) is 5.56 Å². The fraction of sp³-hybridized carbons (Fsp3) is 0.273. The Morgan fingerprint density at radius 2 is 1.93 bits per heavy atom. The van der Waals surface area contributed by atoms with Crippen molar-refractivity contribution in [3.63, 3.8) is 0 Å². The fourth-order valence-electron chi connectivity index (χ4n) is 1.42. The van der Waals surface area contributed by atoms with Crippen molar-refractivity contribution in [1.29, 1.82) is 0 Å². The van der Waals surface area contributed by atoms with Crippen LogP contribution in [-0.4, -0.2) is 10.1 Å². The van der Waals surface area contributed by atoms with Gasteiger partial charge in [-0.3, -0.25) is 0 Å². The number of nitrogens with two attached hydrogens (primary N) is 1. The molecule has 0 bridgehead atoms. The number of aromatic nitrogens is 2. The fourth-order valence-corrected chi connectivity index (χ4v) is 1.42. The topological polar surface area (TPSA) is 64.9 Å². The van der Waals surface area contributed by atoms with Gasteiger partial charge in [-0.2, -0.15) is 4.98 Å². The van der Waals surface area contributed by atoms with Gasteiger partial charge < -0.3 is 10.3 Å². The van der Waals surface area contributed by atoms with Crippen LogP contribution < -0.4 is 5.73 Å². The molecule has 1 atom stereocenters. The number of hydrogen-bond acceptors (Lipinski definition) is 4. The standard InChI is InChI=1S/C11H13N3O/c1-8-13-10(15-14-8)11(2,12)9-6-4-3-5-7-9/h3-7H,12H2,1-2H3. The van der Waals surface area contributed by atoms with Crippen molar-refractivity contribution in [2.45, 2.75) is 19.4 Å². The van der Waals surface area contributed by atoms with E-state index in [-0.39, 0.29) is 0 Å². The first-order chi connectivity index (χ1) is 7.10. The summed E-state index contributed by atoms with van der Waals surface area (Å²) >= 11 is 0. The van der Waals surface area contributed by atoms with Crippen molar-refractivity contribution in [1.82, 2.24) is 10.1 Å². The molecule has 4 heteroatoms. The van der Waals surface area contributed by atoms with Gasteiger partial charge in [0.1, 0.15) is 5.54 Å². The van der Waals surface area contributed by atoms with Crippen LogP contribution >= 0.6 is 0 Å². The van der Waals surface area contributed by atoms with E-state index in [2.05, 4.69) is 10.1 Å². The molecule has 0 saturated heterocycles. The van der Waals surface area contributed by atoms with Crippen molar-refractivity contribution >= 4 is 0 Å². The lowest BCUT2D eigenvalue weighted by atomic mass is 9.93. The monoisotopic (exact) mass is 203 g/mol. The summed E-state index contributed by atoms with van der Waals surface area (Å²) in [5.74, 6) is 1.03. The summed E-state index contributed by atoms with van der Waals surface area (Å²) < 4.78 is 5.10. The minimum absolute atomic E-state index is 0.436. The van der Waals surface area contributed by atoms with Gasteiger partial charge in [0.05, 0.1) is 0 Å². The van der Waals surface area contributed by atoms with E-state index in [1.807, 2.05) is 37.3 Å². The van der Waals surface area contributed by atoms with Crippen LogP contribution in [0, 0.1) is 6.92 Å². The zero-order chi connectivity index (χ0) is 10.9. The number of nitrogens with zero attached hydrogens (tertiary/aromatic N) is 2. The summed E-state index contributed by atoms with van der Waals surface area (Å²) in [6.07, 6.45) is 0. The molecule has 1 unspecified atom stereocenters. The Morgan fingerprint density at radius 1 is 1.27 bits per heavy atom. The quantitative estimate of drug-likeness (QED) is 0.805. The van der Waals surface area contributed by atoms with Crippen molar-refractivity contribution in [2.75, 3.05) is 0 Å². The highest BCUT2D eigenvalue weighted by atomic mass is 16.5. The molecule has 78 valence electrons. The zero-order valence-corrected chi connectivity index (χ0v) is 8.77. The minimum atomic E-state index is -0.734. The molecule has 2 aromatic rings. The molecule has 0 radical (unpaired) electrons. The Kier molecular flexibility index (Phi) is 2.28. The smallest absolute Gasteiger partial charge is 0.251 e. The van der Waals surface area contributed by atoms with E-state index in [1.54, 1.807) is 6.92 Å².